The van der Waals surface area contributed by atoms with Crippen molar-refractivity contribution in [2.75, 3.05) is 19.4 Å². The van der Waals surface area contributed by atoms with Gasteiger partial charge < -0.3 is 4.74 Å². The van der Waals surface area contributed by atoms with Crippen molar-refractivity contribution in [2.24, 2.45) is 0 Å². The van der Waals surface area contributed by atoms with Crippen molar-refractivity contribution < 1.29 is 17.9 Å². The van der Waals surface area contributed by atoms with Crippen LogP contribution in [0.25, 0.3) is 0 Å². The number of ether oxygens (including phenoxy) is 1. The number of hydrogen-bond acceptors (Lipinski definition) is 4. The molecule has 1 saturated heterocycles. The predicted molar refractivity (Wildman–Crippen MR) is 69.7 cm³/mol. The van der Waals surface area contributed by atoms with E-state index in [4.69, 9.17) is 0 Å². The standard InChI is InChI=1S/C12H23NO4S/c1-3-4-9-18(15,16)13-8-6-5-7-11(13)10-12(14)17-2/h11H,3-10H2,1-2H3. The molecule has 0 N–H and O–H groups in total. The monoisotopic (exact) mass is 277 g/mol. The second-order valence-corrected chi connectivity index (χ2v) is 6.75. The molecule has 0 spiro atoms. The second kappa shape index (κ2) is 7.09. The highest BCUT2D eigenvalue weighted by molar-refractivity contribution is 7.89. The Morgan fingerprint density at radius 3 is 2.72 bits per heavy atom. The Bertz CT molecular complexity index is 366. The third-order valence-corrected chi connectivity index (χ3v) is 5.32. The van der Waals surface area contributed by atoms with Crippen LogP contribution in [-0.2, 0) is 19.6 Å². The van der Waals surface area contributed by atoms with E-state index in [1.165, 1.54) is 11.4 Å². The fourth-order valence-electron chi connectivity index (χ4n) is 2.26. The van der Waals surface area contributed by atoms with Gasteiger partial charge in [-0.1, -0.05) is 19.8 Å². The van der Waals surface area contributed by atoms with Crippen LogP contribution in [0.3, 0.4) is 0 Å². The van der Waals surface area contributed by atoms with Crippen LogP contribution in [0, 0.1) is 0 Å². The van der Waals surface area contributed by atoms with Crippen LogP contribution in [-0.4, -0.2) is 44.1 Å². The van der Waals surface area contributed by atoms with E-state index in [2.05, 4.69) is 4.74 Å². The summed E-state index contributed by atoms with van der Waals surface area (Å²) in [6.07, 6.45) is 4.30. The van der Waals surface area contributed by atoms with Crippen molar-refractivity contribution in [2.45, 2.75) is 51.5 Å². The van der Waals surface area contributed by atoms with Crippen molar-refractivity contribution in [1.29, 1.82) is 0 Å². The number of unbranched alkanes of at least 4 members (excludes halogenated alkanes) is 1. The number of piperidine rings is 1. The first-order valence-electron chi connectivity index (χ1n) is 6.57. The maximum atomic E-state index is 12.2. The number of nitrogens with zero attached hydrogens (tertiary/aromatic N) is 1. The molecule has 1 unspecified atom stereocenters. The Hall–Kier alpha value is -0.620. The lowest BCUT2D eigenvalue weighted by Gasteiger charge is -2.34. The fourth-order valence-corrected chi connectivity index (χ4v) is 4.19. The molecular weight excluding hydrogens is 254 g/mol. The minimum absolute atomic E-state index is 0.169. The zero-order valence-electron chi connectivity index (χ0n) is 11.2. The van der Waals surface area contributed by atoms with Crippen molar-refractivity contribution >= 4 is 16.0 Å². The zero-order valence-corrected chi connectivity index (χ0v) is 12.0. The summed E-state index contributed by atoms with van der Waals surface area (Å²) in [5.74, 6) is -0.154. The molecule has 0 aliphatic carbocycles. The van der Waals surface area contributed by atoms with Crippen molar-refractivity contribution in [3.05, 3.63) is 0 Å². The summed E-state index contributed by atoms with van der Waals surface area (Å²) in [4.78, 5) is 11.3. The molecule has 0 amide bonds. The van der Waals surface area contributed by atoms with E-state index in [0.717, 1.165) is 25.7 Å². The summed E-state index contributed by atoms with van der Waals surface area (Å²) >= 11 is 0. The van der Waals surface area contributed by atoms with Gasteiger partial charge in [-0.2, -0.15) is 4.31 Å². The molecule has 1 fully saturated rings. The smallest absolute Gasteiger partial charge is 0.307 e. The van der Waals surface area contributed by atoms with E-state index < -0.39 is 10.0 Å². The molecule has 1 atom stereocenters. The molecule has 1 aliphatic rings. The van der Waals surface area contributed by atoms with Crippen LogP contribution < -0.4 is 0 Å². The van der Waals surface area contributed by atoms with E-state index in [-0.39, 0.29) is 24.2 Å². The minimum Gasteiger partial charge on any atom is -0.469 e. The lowest BCUT2D eigenvalue weighted by molar-refractivity contribution is -0.141. The molecule has 0 aromatic carbocycles. The molecule has 0 aromatic rings. The second-order valence-electron chi connectivity index (χ2n) is 4.71. The topological polar surface area (TPSA) is 63.7 Å². The Balaban J connectivity index is 2.72. The third-order valence-electron chi connectivity index (χ3n) is 3.32. The summed E-state index contributed by atoms with van der Waals surface area (Å²) in [7, 11) is -1.89. The lowest BCUT2D eigenvalue weighted by atomic mass is 10.0. The number of carbonyl (C=O) groups excluding carboxylic acids is 1. The molecule has 18 heavy (non-hydrogen) atoms. The van der Waals surface area contributed by atoms with Gasteiger partial charge in [-0.3, -0.25) is 4.79 Å². The molecule has 5 nitrogen and oxygen atoms in total. The zero-order chi connectivity index (χ0) is 13.6. The number of sulfonamides is 1. The molecule has 106 valence electrons. The van der Waals surface area contributed by atoms with Crippen molar-refractivity contribution in [1.82, 2.24) is 4.31 Å². The van der Waals surface area contributed by atoms with E-state index in [1.54, 1.807) is 0 Å². The molecule has 6 heteroatoms. The van der Waals surface area contributed by atoms with Gasteiger partial charge in [-0.15, -0.1) is 0 Å². The van der Waals surface area contributed by atoms with Crippen LogP contribution in [0.2, 0.25) is 0 Å². The number of methoxy groups -OCH3 is 1. The lowest BCUT2D eigenvalue weighted by Crippen LogP contribution is -2.45. The Kier molecular flexibility index (Phi) is 6.08. The number of carbonyl (C=O) groups is 1. The molecule has 1 rings (SSSR count). The van der Waals surface area contributed by atoms with E-state index in [0.29, 0.717) is 13.0 Å². The molecular formula is C12H23NO4S. The molecule has 0 bridgehead atoms. The van der Waals surface area contributed by atoms with Gasteiger partial charge >= 0.3 is 5.97 Å². The largest absolute Gasteiger partial charge is 0.469 e. The Morgan fingerprint density at radius 1 is 1.39 bits per heavy atom. The Morgan fingerprint density at radius 2 is 2.11 bits per heavy atom. The van der Waals surface area contributed by atoms with Gasteiger partial charge in [0.25, 0.3) is 0 Å². The number of rotatable bonds is 6. The van der Waals surface area contributed by atoms with Gasteiger partial charge in [0.05, 0.1) is 19.3 Å². The maximum Gasteiger partial charge on any atom is 0.307 e. The first kappa shape index (κ1) is 15.4. The van der Waals surface area contributed by atoms with Crippen LogP contribution in [0.4, 0.5) is 0 Å². The highest BCUT2D eigenvalue weighted by Gasteiger charge is 2.33. The molecule has 0 aromatic heterocycles. The minimum atomic E-state index is -3.22. The first-order chi connectivity index (χ1) is 8.51. The maximum absolute atomic E-state index is 12.2. The average Bonchev–Trinajstić information content (AvgIpc) is 2.36. The van der Waals surface area contributed by atoms with Crippen molar-refractivity contribution in [3.8, 4) is 0 Å². The summed E-state index contributed by atoms with van der Waals surface area (Å²) in [5.41, 5.74) is 0. The summed E-state index contributed by atoms with van der Waals surface area (Å²) < 4.78 is 30.5. The number of esters is 1. The van der Waals surface area contributed by atoms with Crippen LogP contribution in [0.15, 0.2) is 0 Å². The van der Waals surface area contributed by atoms with Crippen LogP contribution in [0.5, 0.6) is 0 Å². The van der Waals surface area contributed by atoms with E-state index in [1.807, 2.05) is 6.92 Å². The highest BCUT2D eigenvalue weighted by Crippen LogP contribution is 2.24. The summed E-state index contributed by atoms with van der Waals surface area (Å²) in [6.45, 7) is 2.51. The van der Waals surface area contributed by atoms with Crippen LogP contribution >= 0.6 is 0 Å². The SMILES string of the molecule is CCCCS(=O)(=O)N1CCCCC1CC(=O)OC. The fraction of sp³-hybridized carbons (Fsp3) is 0.917. The predicted octanol–water partition coefficient (Wildman–Crippen LogP) is 1.53. The summed E-state index contributed by atoms with van der Waals surface area (Å²) in [6, 6.07) is -0.215. The van der Waals surface area contributed by atoms with Gasteiger partial charge in [-0.05, 0) is 19.3 Å². The molecule has 1 heterocycles. The van der Waals surface area contributed by atoms with Gasteiger partial charge in [0.2, 0.25) is 10.0 Å². The number of hydrogen-bond donors (Lipinski definition) is 0. The third kappa shape index (κ3) is 4.24. The molecule has 0 radical (unpaired) electrons. The average molecular weight is 277 g/mol. The molecule has 1 aliphatic heterocycles. The van der Waals surface area contributed by atoms with Gasteiger partial charge in [0.1, 0.15) is 0 Å². The first-order valence-corrected chi connectivity index (χ1v) is 8.18. The van der Waals surface area contributed by atoms with Gasteiger partial charge in [0, 0.05) is 12.6 Å². The van der Waals surface area contributed by atoms with Gasteiger partial charge in [-0.25, -0.2) is 8.42 Å². The molecule has 0 saturated carbocycles. The van der Waals surface area contributed by atoms with E-state index >= 15 is 0 Å². The van der Waals surface area contributed by atoms with Crippen molar-refractivity contribution in [3.63, 3.8) is 0 Å². The Labute approximate surface area is 110 Å². The van der Waals surface area contributed by atoms with Crippen LogP contribution in [0.1, 0.15) is 45.4 Å². The van der Waals surface area contributed by atoms with Gasteiger partial charge in [0.15, 0.2) is 0 Å². The normalized spacial score (nSPS) is 21.8. The summed E-state index contributed by atoms with van der Waals surface area (Å²) in [5, 5.41) is 0. The highest BCUT2D eigenvalue weighted by atomic mass is 32.2. The quantitative estimate of drug-likeness (QED) is 0.691. The van der Waals surface area contributed by atoms with E-state index in [9.17, 15) is 13.2 Å².